The number of aromatic amines is 1. The lowest BCUT2D eigenvalue weighted by molar-refractivity contribution is 0.0931. The average molecular weight is 336 g/mol. The minimum absolute atomic E-state index is 0.00212. The molecule has 128 valence electrons. The third-order valence-electron chi connectivity index (χ3n) is 4.67. The van der Waals surface area contributed by atoms with Crippen LogP contribution < -0.4 is 10.2 Å². The summed E-state index contributed by atoms with van der Waals surface area (Å²) in [5.74, 6) is 0.903. The molecule has 0 unspecified atom stereocenters. The van der Waals surface area contributed by atoms with Crippen LogP contribution in [-0.4, -0.2) is 45.2 Å². The van der Waals surface area contributed by atoms with Crippen molar-refractivity contribution in [2.45, 2.75) is 25.8 Å². The number of fused-ring (bicyclic) bond motifs is 1. The fourth-order valence-corrected chi connectivity index (χ4v) is 3.21. The number of carbonyl (C=O) groups excluding carboxylic acids is 1. The highest BCUT2D eigenvalue weighted by atomic mass is 16.1. The summed E-state index contributed by atoms with van der Waals surface area (Å²) in [6.07, 6.45) is 5.10. The first kappa shape index (κ1) is 15.6. The third-order valence-corrected chi connectivity index (χ3v) is 4.67. The number of hydrogen-bond acceptors (Lipinski definition) is 5. The fraction of sp³-hybridized carbons (Fsp3) is 0.333. The Labute approximate surface area is 145 Å². The van der Waals surface area contributed by atoms with Gasteiger partial charge in [-0.2, -0.15) is 5.10 Å². The number of nitrogens with zero attached hydrogens (tertiary/aromatic N) is 4. The molecule has 1 aliphatic rings. The van der Waals surface area contributed by atoms with Crippen LogP contribution in [-0.2, 0) is 0 Å². The topological polar surface area (TPSA) is 86.8 Å². The van der Waals surface area contributed by atoms with Crippen LogP contribution in [0, 0.1) is 6.92 Å². The molecule has 3 aromatic rings. The van der Waals surface area contributed by atoms with Crippen molar-refractivity contribution in [1.29, 1.82) is 0 Å². The number of piperidine rings is 1. The molecular weight excluding hydrogens is 316 g/mol. The van der Waals surface area contributed by atoms with E-state index in [1.165, 1.54) is 0 Å². The predicted molar refractivity (Wildman–Crippen MR) is 95.6 cm³/mol. The maximum absolute atomic E-state index is 12.4. The molecule has 3 heterocycles. The molecule has 0 atom stereocenters. The van der Waals surface area contributed by atoms with E-state index in [0.717, 1.165) is 48.3 Å². The SMILES string of the molecule is Cc1ccc(C(=O)NC2CCN(c3ncnc4[nH]ncc34)CC2)cc1. The van der Waals surface area contributed by atoms with Crippen molar-refractivity contribution in [2.24, 2.45) is 0 Å². The van der Waals surface area contributed by atoms with Gasteiger partial charge < -0.3 is 10.2 Å². The van der Waals surface area contributed by atoms with Gasteiger partial charge in [0.05, 0.1) is 11.6 Å². The quantitative estimate of drug-likeness (QED) is 0.764. The molecule has 1 amide bonds. The summed E-state index contributed by atoms with van der Waals surface area (Å²) in [7, 11) is 0. The molecule has 1 aliphatic heterocycles. The van der Waals surface area contributed by atoms with Gasteiger partial charge in [0, 0.05) is 24.7 Å². The Morgan fingerprint density at radius 3 is 2.72 bits per heavy atom. The van der Waals surface area contributed by atoms with Gasteiger partial charge in [-0.3, -0.25) is 9.89 Å². The standard InChI is InChI=1S/C18H20N6O/c1-12-2-4-13(5-3-12)18(25)22-14-6-8-24(9-7-14)17-15-10-21-23-16(15)19-11-20-17/h2-5,10-11,14H,6-9H2,1H3,(H,22,25)(H,19,20,21,23). The summed E-state index contributed by atoms with van der Waals surface area (Å²) in [5, 5.41) is 11.0. The molecule has 7 nitrogen and oxygen atoms in total. The Hall–Kier alpha value is -2.96. The van der Waals surface area contributed by atoms with Gasteiger partial charge in [0.15, 0.2) is 5.65 Å². The van der Waals surface area contributed by atoms with Crippen molar-refractivity contribution in [1.82, 2.24) is 25.5 Å². The van der Waals surface area contributed by atoms with E-state index in [9.17, 15) is 4.79 Å². The number of hydrogen-bond donors (Lipinski definition) is 2. The number of aromatic nitrogens is 4. The summed E-state index contributed by atoms with van der Waals surface area (Å²) in [4.78, 5) is 23.2. The lowest BCUT2D eigenvalue weighted by Crippen LogP contribution is -2.45. The minimum Gasteiger partial charge on any atom is -0.356 e. The zero-order chi connectivity index (χ0) is 17.2. The van der Waals surface area contributed by atoms with E-state index in [-0.39, 0.29) is 11.9 Å². The highest BCUT2D eigenvalue weighted by Gasteiger charge is 2.23. The number of aryl methyl sites for hydroxylation is 1. The number of amides is 1. The molecule has 1 fully saturated rings. The van der Waals surface area contributed by atoms with Crippen LogP contribution >= 0.6 is 0 Å². The Morgan fingerprint density at radius 2 is 1.96 bits per heavy atom. The van der Waals surface area contributed by atoms with E-state index in [4.69, 9.17) is 0 Å². The van der Waals surface area contributed by atoms with E-state index in [1.807, 2.05) is 31.2 Å². The minimum atomic E-state index is -0.00212. The molecule has 1 saturated heterocycles. The van der Waals surface area contributed by atoms with Crippen molar-refractivity contribution in [3.05, 3.63) is 47.9 Å². The molecule has 0 radical (unpaired) electrons. The molecule has 0 spiro atoms. The zero-order valence-corrected chi connectivity index (χ0v) is 14.1. The lowest BCUT2D eigenvalue weighted by Gasteiger charge is -2.33. The van der Waals surface area contributed by atoms with Crippen LogP contribution in [0.2, 0.25) is 0 Å². The van der Waals surface area contributed by atoms with Gasteiger partial charge in [0.25, 0.3) is 5.91 Å². The van der Waals surface area contributed by atoms with Crippen LogP contribution in [0.4, 0.5) is 5.82 Å². The fourth-order valence-electron chi connectivity index (χ4n) is 3.21. The molecular formula is C18H20N6O. The molecule has 0 bridgehead atoms. The van der Waals surface area contributed by atoms with Crippen LogP contribution in [0.1, 0.15) is 28.8 Å². The van der Waals surface area contributed by atoms with Crippen LogP contribution in [0.3, 0.4) is 0 Å². The first-order valence-corrected chi connectivity index (χ1v) is 8.47. The molecule has 2 N–H and O–H groups in total. The van der Waals surface area contributed by atoms with Crippen molar-refractivity contribution >= 4 is 22.8 Å². The average Bonchev–Trinajstić information content (AvgIpc) is 3.12. The van der Waals surface area contributed by atoms with Crippen molar-refractivity contribution in [3.8, 4) is 0 Å². The van der Waals surface area contributed by atoms with E-state index < -0.39 is 0 Å². The van der Waals surface area contributed by atoms with Crippen molar-refractivity contribution < 1.29 is 4.79 Å². The van der Waals surface area contributed by atoms with Crippen molar-refractivity contribution in [2.75, 3.05) is 18.0 Å². The van der Waals surface area contributed by atoms with Gasteiger partial charge in [-0.1, -0.05) is 17.7 Å². The maximum atomic E-state index is 12.4. The summed E-state index contributed by atoms with van der Waals surface area (Å²) in [5.41, 5.74) is 2.61. The number of H-pyrrole nitrogens is 1. The lowest BCUT2D eigenvalue weighted by atomic mass is 10.0. The number of carbonyl (C=O) groups is 1. The normalized spacial score (nSPS) is 15.5. The van der Waals surface area contributed by atoms with Crippen LogP contribution in [0.25, 0.3) is 11.0 Å². The summed E-state index contributed by atoms with van der Waals surface area (Å²) in [6.45, 7) is 3.70. The van der Waals surface area contributed by atoms with E-state index in [1.54, 1.807) is 12.5 Å². The van der Waals surface area contributed by atoms with Crippen LogP contribution in [0.15, 0.2) is 36.8 Å². The number of benzene rings is 1. The second kappa shape index (κ2) is 6.51. The molecule has 7 heteroatoms. The molecule has 1 aromatic carbocycles. The Bertz CT molecular complexity index is 880. The van der Waals surface area contributed by atoms with E-state index in [0.29, 0.717) is 5.56 Å². The third kappa shape index (κ3) is 3.17. The largest absolute Gasteiger partial charge is 0.356 e. The van der Waals surface area contributed by atoms with Gasteiger partial charge in [-0.05, 0) is 31.9 Å². The number of nitrogens with one attached hydrogen (secondary N) is 2. The maximum Gasteiger partial charge on any atom is 0.251 e. The Morgan fingerprint density at radius 1 is 1.20 bits per heavy atom. The molecule has 2 aromatic heterocycles. The Kier molecular flexibility index (Phi) is 4.05. The summed E-state index contributed by atoms with van der Waals surface area (Å²) in [6, 6.07) is 7.85. The zero-order valence-electron chi connectivity index (χ0n) is 14.1. The molecule has 25 heavy (non-hydrogen) atoms. The summed E-state index contributed by atoms with van der Waals surface area (Å²) < 4.78 is 0. The molecule has 0 aliphatic carbocycles. The van der Waals surface area contributed by atoms with Crippen LogP contribution in [0.5, 0.6) is 0 Å². The van der Waals surface area contributed by atoms with E-state index in [2.05, 4.69) is 30.4 Å². The predicted octanol–water partition coefficient (Wildman–Crippen LogP) is 2.06. The first-order valence-electron chi connectivity index (χ1n) is 8.47. The number of anilines is 1. The van der Waals surface area contributed by atoms with Gasteiger partial charge in [-0.15, -0.1) is 0 Å². The second-order valence-corrected chi connectivity index (χ2v) is 6.43. The number of rotatable bonds is 3. The van der Waals surface area contributed by atoms with Crippen molar-refractivity contribution in [3.63, 3.8) is 0 Å². The smallest absolute Gasteiger partial charge is 0.251 e. The molecule has 0 saturated carbocycles. The highest BCUT2D eigenvalue weighted by Crippen LogP contribution is 2.24. The van der Waals surface area contributed by atoms with Gasteiger partial charge in [-0.25, -0.2) is 9.97 Å². The Balaban J connectivity index is 1.39. The second-order valence-electron chi connectivity index (χ2n) is 6.43. The van der Waals surface area contributed by atoms with Gasteiger partial charge >= 0.3 is 0 Å². The van der Waals surface area contributed by atoms with E-state index >= 15 is 0 Å². The van der Waals surface area contributed by atoms with Gasteiger partial charge in [0.1, 0.15) is 12.1 Å². The summed E-state index contributed by atoms with van der Waals surface area (Å²) >= 11 is 0. The van der Waals surface area contributed by atoms with Gasteiger partial charge in [0.2, 0.25) is 0 Å². The highest BCUT2D eigenvalue weighted by molar-refractivity contribution is 5.94. The molecule has 4 rings (SSSR count). The monoisotopic (exact) mass is 336 g/mol. The first-order chi connectivity index (χ1) is 12.2.